The lowest BCUT2D eigenvalue weighted by molar-refractivity contribution is 0.607. The predicted octanol–water partition coefficient (Wildman–Crippen LogP) is 11.5. The highest BCUT2D eigenvalue weighted by Gasteiger charge is 2.34. The summed E-state index contributed by atoms with van der Waals surface area (Å²) < 4.78 is 0. The predicted molar refractivity (Wildman–Crippen MR) is 197 cm³/mol. The number of hydrogen-bond donors (Lipinski definition) is 0. The van der Waals surface area contributed by atoms with Gasteiger partial charge in [-0.15, -0.1) is 0 Å². The molecule has 1 aromatic heterocycles. The number of hydrogen-bond acceptors (Lipinski definition) is 4. The van der Waals surface area contributed by atoms with Crippen molar-refractivity contribution in [3.05, 3.63) is 168 Å². The SMILES string of the molecule is CC1(C)c2cc(C#N)ccc2Sc2ccc(-c3nc(-c4cccc(-c5ccccc5)c4)cc(-c4cccc(-c5ccccc5)c4)n3)cc21. The molecule has 6 aromatic carbocycles. The molecule has 0 radical (unpaired) electrons. The molecule has 8 rings (SSSR count). The molecule has 0 saturated carbocycles. The van der Waals surface area contributed by atoms with Crippen LogP contribution in [0.5, 0.6) is 0 Å². The molecular weight excluding hydrogens is 603 g/mol. The summed E-state index contributed by atoms with van der Waals surface area (Å²) in [6.45, 7) is 4.48. The van der Waals surface area contributed by atoms with E-state index in [1.807, 2.05) is 24.3 Å². The Morgan fingerprint density at radius 1 is 0.479 bits per heavy atom. The molecule has 48 heavy (non-hydrogen) atoms. The van der Waals surface area contributed by atoms with Gasteiger partial charge in [0.1, 0.15) is 0 Å². The van der Waals surface area contributed by atoms with Gasteiger partial charge in [0, 0.05) is 31.9 Å². The van der Waals surface area contributed by atoms with E-state index in [4.69, 9.17) is 9.97 Å². The molecule has 0 amide bonds. The van der Waals surface area contributed by atoms with Gasteiger partial charge in [0.25, 0.3) is 0 Å². The molecule has 228 valence electrons. The van der Waals surface area contributed by atoms with Gasteiger partial charge in [0.05, 0.1) is 23.0 Å². The van der Waals surface area contributed by atoms with Gasteiger partial charge < -0.3 is 0 Å². The van der Waals surface area contributed by atoms with Crippen LogP contribution in [0.2, 0.25) is 0 Å². The lowest BCUT2D eigenvalue weighted by Gasteiger charge is -2.35. The van der Waals surface area contributed by atoms with Crippen LogP contribution >= 0.6 is 11.8 Å². The summed E-state index contributed by atoms with van der Waals surface area (Å²) in [4.78, 5) is 12.8. The lowest BCUT2D eigenvalue weighted by Crippen LogP contribution is -2.24. The van der Waals surface area contributed by atoms with Gasteiger partial charge >= 0.3 is 0 Å². The smallest absolute Gasteiger partial charge is 0.160 e. The first kappa shape index (κ1) is 29.6. The topological polar surface area (TPSA) is 49.6 Å². The molecule has 0 atom stereocenters. The Morgan fingerprint density at radius 2 is 0.979 bits per heavy atom. The molecule has 0 unspecified atom stereocenters. The monoisotopic (exact) mass is 633 g/mol. The van der Waals surface area contributed by atoms with Crippen LogP contribution in [0.15, 0.2) is 161 Å². The molecule has 7 aromatic rings. The van der Waals surface area contributed by atoms with Crippen molar-refractivity contribution >= 4 is 11.8 Å². The van der Waals surface area contributed by atoms with Gasteiger partial charge in [0.2, 0.25) is 0 Å². The van der Waals surface area contributed by atoms with Crippen LogP contribution in [0.4, 0.5) is 0 Å². The first-order valence-corrected chi connectivity index (χ1v) is 16.9. The highest BCUT2D eigenvalue weighted by molar-refractivity contribution is 7.99. The molecule has 0 fully saturated rings. The molecule has 0 saturated heterocycles. The first-order chi connectivity index (χ1) is 23.5. The third-order valence-electron chi connectivity index (χ3n) is 9.17. The van der Waals surface area contributed by atoms with Gasteiger partial charge in [-0.2, -0.15) is 5.26 Å². The van der Waals surface area contributed by atoms with Crippen molar-refractivity contribution in [2.45, 2.75) is 29.1 Å². The minimum absolute atomic E-state index is 0.298. The van der Waals surface area contributed by atoms with Crippen molar-refractivity contribution in [3.63, 3.8) is 0 Å². The number of aromatic nitrogens is 2. The van der Waals surface area contributed by atoms with Crippen LogP contribution in [0, 0.1) is 11.3 Å². The second-order valence-corrected chi connectivity index (χ2v) is 13.7. The summed E-state index contributed by atoms with van der Waals surface area (Å²) in [7, 11) is 0. The Bertz CT molecular complexity index is 2250. The van der Waals surface area contributed by atoms with Gasteiger partial charge in [-0.05, 0) is 81.9 Å². The van der Waals surface area contributed by atoms with Crippen molar-refractivity contribution in [1.82, 2.24) is 9.97 Å². The quantitative estimate of drug-likeness (QED) is 0.189. The minimum atomic E-state index is -0.298. The normalized spacial score (nSPS) is 12.9. The molecule has 0 aliphatic carbocycles. The van der Waals surface area contributed by atoms with Crippen molar-refractivity contribution in [2.75, 3.05) is 0 Å². The summed E-state index contributed by atoms with van der Waals surface area (Å²) >= 11 is 1.76. The van der Waals surface area contributed by atoms with Gasteiger partial charge in [-0.3, -0.25) is 0 Å². The Hall–Kier alpha value is -5.76. The standard InChI is InChI=1S/C44H31N3S/c1-44(2)37-23-29(28-45)19-21-41(37)48-42-22-20-36(26-38(42)44)43-46-39(34-17-9-15-32(24-34)30-11-5-3-6-12-30)27-40(47-43)35-18-10-16-33(25-35)31-13-7-4-8-14-31/h3-27H,1-2H3. The summed E-state index contributed by atoms with van der Waals surface area (Å²) in [6.07, 6.45) is 0. The number of rotatable bonds is 5. The largest absolute Gasteiger partial charge is 0.228 e. The third kappa shape index (κ3) is 5.49. The fourth-order valence-corrected chi connectivity index (χ4v) is 7.89. The maximum atomic E-state index is 9.63. The Balaban J connectivity index is 1.28. The molecule has 1 aliphatic heterocycles. The zero-order chi connectivity index (χ0) is 32.7. The highest BCUT2D eigenvalue weighted by atomic mass is 32.2. The van der Waals surface area contributed by atoms with E-state index in [0.717, 1.165) is 39.2 Å². The van der Waals surface area contributed by atoms with E-state index in [9.17, 15) is 5.26 Å². The van der Waals surface area contributed by atoms with E-state index >= 15 is 0 Å². The van der Waals surface area contributed by atoms with Crippen LogP contribution in [-0.4, -0.2) is 9.97 Å². The fourth-order valence-electron chi connectivity index (χ4n) is 6.54. The van der Waals surface area contributed by atoms with Crippen molar-refractivity contribution in [1.29, 1.82) is 5.26 Å². The summed E-state index contributed by atoms with van der Waals surface area (Å²) in [5.74, 6) is 0.679. The van der Waals surface area contributed by atoms with E-state index in [1.54, 1.807) is 11.8 Å². The summed E-state index contributed by atoms with van der Waals surface area (Å²) in [5.41, 5.74) is 12.1. The van der Waals surface area contributed by atoms with Crippen molar-refractivity contribution < 1.29 is 0 Å². The third-order valence-corrected chi connectivity index (χ3v) is 10.3. The van der Waals surface area contributed by atoms with E-state index in [-0.39, 0.29) is 5.41 Å². The number of benzene rings is 6. The Labute approximate surface area is 285 Å². The highest BCUT2D eigenvalue weighted by Crippen LogP contribution is 2.50. The molecule has 1 aliphatic rings. The van der Waals surface area contributed by atoms with Crippen LogP contribution in [0.1, 0.15) is 30.5 Å². The molecule has 0 N–H and O–H groups in total. The van der Waals surface area contributed by atoms with Crippen molar-refractivity contribution in [3.8, 4) is 62.2 Å². The number of nitrogens with zero attached hydrogens (tertiary/aromatic N) is 3. The van der Waals surface area contributed by atoms with Gasteiger partial charge in [-0.1, -0.05) is 129 Å². The molecule has 4 heteroatoms. The van der Waals surface area contributed by atoms with E-state index < -0.39 is 0 Å². The molecule has 2 heterocycles. The Morgan fingerprint density at radius 3 is 1.54 bits per heavy atom. The second kappa shape index (κ2) is 12.1. The minimum Gasteiger partial charge on any atom is -0.228 e. The zero-order valence-electron chi connectivity index (χ0n) is 26.7. The summed E-state index contributed by atoms with van der Waals surface area (Å²) in [5, 5.41) is 9.63. The van der Waals surface area contributed by atoms with E-state index in [1.165, 1.54) is 32.0 Å². The molecular formula is C44H31N3S. The Kier molecular flexibility index (Phi) is 7.48. The lowest BCUT2D eigenvalue weighted by atomic mass is 9.76. The van der Waals surface area contributed by atoms with Gasteiger partial charge in [-0.25, -0.2) is 9.97 Å². The average molecular weight is 634 g/mol. The zero-order valence-corrected chi connectivity index (χ0v) is 27.5. The molecule has 0 spiro atoms. The fraction of sp³-hybridized carbons (Fsp3) is 0.0682. The van der Waals surface area contributed by atoms with E-state index in [2.05, 4.69) is 147 Å². The number of nitriles is 1. The number of fused-ring (bicyclic) bond motifs is 2. The van der Waals surface area contributed by atoms with Crippen molar-refractivity contribution in [2.24, 2.45) is 0 Å². The van der Waals surface area contributed by atoms with Crippen LogP contribution in [0.3, 0.4) is 0 Å². The van der Waals surface area contributed by atoms with E-state index in [0.29, 0.717) is 11.4 Å². The molecule has 0 bridgehead atoms. The van der Waals surface area contributed by atoms with Gasteiger partial charge in [0.15, 0.2) is 5.82 Å². The first-order valence-electron chi connectivity index (χ1n) is 16.0. The van der Waals surface area contributed by atoms with Crippen LogP contribution < -0.4 is 0 Å². The van der Waals surface area contributed by atoms with Crippen LogP contribution in [-0.2, 0) is 5.41 Å². The van der Waals surface area contributed by atoms with Crippen LogP contribution in [0.25, 0.3) is 56.2 Å². The molecule has 3 nitrogen and oxygen atoms in total. The summed E-state index contributed by atoms with van der Waals surface area (Å²) in [6, 6.07) is 55.1. The second-order valence-electron chi connectivity index (χ2n) is 12.6. The maximum Gasteiger partial charge on any atom is 0.160 e. The average Bonchev–Trinajstić information content (AvgIpc) is 3.15. The maximum absolute atomic E-state index is 9.63.